The van der Waals surface area contributed by atoms with Crippen LogP contribution in [0, 0.1) is 6.92 Å². The summed E-state index contributed by atoms with van der Waals surface area (Å²) < 4.78 is 54.3. The number of likely N-dealkylation sites (N-methyl/N-ethyl adjacent to an activating group) is 1. The lowest BCUT2D eigenvalue weighted by atomic mass is 9.92. The van der Waals surface area contributed by atoms with Crippen molar-refractivity contribution in [2.75, 3.05) is 45.1 Å². The molecule has 0 aliphatic carbocycles. The Morgan fingerprint density at radius 1 is 1.10 bits per heavy atom. The lowest BCUT2D eigenvalue weighted by Gasteiger charge is -2.34. The summed E-state index contributed by atoms with van der Waals surface area (Å²) in [6.45, 7) is 7.52. The number of pyridine rings is 2. The summed E-state index contributed by atoms with van der Waals surface area (Å²) in [6.07, 6.45) is -0.572. The highest BCUT2D eigenvalue weighted by molar-refractivity contribution is 5.90. The number of aryl methyl sites for hydroxylation is 1. The number of carbonyl (C=O) groups excluding carboxylic acids is 1. The van der Waals surface area contributed by atoms with Crippen LogP contribution in [-0.4, -0.2) is 85.7 Å². The molecule has 4 aromatic heterocycles. The van der Waals surface area contributed by atoms with Gasteiger partial charge >= 0.3 is 12.2 Å². The molecule has 2 N–H and O–H groups in total. The second-order valence-corrected chi connectivity index (χ2v) is 12.6. The van der Waals surface area contributed by atoms with Gasteiger partial charge in [0.15, 0.2) is 0 Å². The van der Waals surface area contributed by atoms with Gasteiger partial charge in [0.2, 0.25) is 5.89 Å². The van der Waals surface area contributed by atoms with Gasteiger partial charge in [0.05, 0.1) is 22.8 Å². The molecule has 2 aliphatic heterocycles. The maximum Gasteiger partial charge on any atom is 0.416 e. The Morgan fingerprint density at radius 3 is 2.65 bits per heavy atom. The first-order valence-electron chi connectivity index (χ1n) is 16.2. The highest BCUT2D eigenvalue weighted by atomic mass is 19.4. The fourth-order valence-corrected chi connectivity index (χ4v) is 6.39. The van der Waals surface area contributed by atoms with E-state index in [1.165, 1.54) is 6.07 Å². The van der Waals surface area contributed by atoms with Crippen molar-refractivity contribution in [3.63, 3.8) is 0 Å². The number of anilines is 1. The molecule has 1 aromatic carbocycles. The summed E-state index contributed by atoms with van der Waals surface area (Å²) >= 11 is 0. The van der Waals surface area contributed by atoms with Crippen LogP contribution in [-0.2, 0) is 19.3 Å². The number of fused-ring (bicyclic) bond motifs is 2. The van der Waals surface area contributed by atoms with Gasteiger partial charge < -0.3 is 29.3 Å². The Kier molecular flexibility index (Phi) is 8.71. The highest BCUT2D eigenvalue weighted by Gasteiger charge is 2.35. The number of nitrogens with zero attached hydrogens (tertiary/aromatic N) is 7. The SMILES string of the molecule is CC[C@H]1CN(C(=O)Nc2ccc(CN3CCN(C)CC3)c(C(F)(F)F)c2)Cc2cc(Oc3ccnc4[nH]c(-c5nnc(C)o5)cc34)cnc21. The van der Waals surface area contributed by atoms with E-state index in [9.17, 15) is 18.0 Å². The molecule has 0 saturated carbocycles. The fourth-order valence-electron chi connectivity index (χ4n) is 6.39. The van der Waals surface area contributed by atoms with Gasteiger partial charge in [-0.3, -0.25) is 9.88 Å². The van der Waals surface area contributed by atoms with Gasteiger partial charge in [-0.05, 0) is 54.9 Å². The molecule has 7 rings (SSSR count). The number of urea groups is 1. The van der Waals surface area contributed by atoms with Gasteiger partial charge in [-0.25, -0.2) is 9.78 Å². The molecule has 0 spiro atoms. The van der Waals surface area contributed by atoms with Gasteiger partial charge in [-0.15, -0.1) is 10.2 Å². The van der Waals surface area contributed by atoms with E-state index in [0.717, 1.165) is 36.8 Å². The van der Waals surface area contributed by atoms with Gasteiger partial charge in [0.1, 0.15) is 22.8 Å². The minimum absolute atomic E-state index is 0.0574. The Morgan fingerprint density at radius 2 is 1.92 bits per heavy atom. The number of benzene rings is 1. The molecule has 0 unspecified atom stereocenters. The number of hydrogen-bond donors (Lipinski definition) is 2. The van der Waals surface area contributed by atoms with Gasteiger partial charge in [-0.1, -0.05) is 13.0 Å². The third-order valence-electron chi connectivity index (χ3n) is 9.08. The van der Waals surface area contributed by atoms with Crippen LogP contribution in [0.15, 0.2) is 53.2 Å². The number of amides is 2. The number of halogens is 3. The molecule has 1 fully saturated rings. The van der Waals surface area contributed by atoms with Crippen molar-refractivity contribution in [2.45, 2.75) is 45.5 Å². The van der Waals surface area contributed by atoms with E-state index in [2.05, 4.69) is 30.4 Å². The molecule has 256 valence electrons. The monoisotopic (exact) mass is 675 g/mol. The van der Waals surface area contributed by atoms with E-state index in [-0.39, 0.29) is 30.3 Å². The molecule has 6 heterocycles. The summed E-state index contributed by atoms with van der Waals surface area (Å²) in [7, 11) is 2.00. The van der Waals surface area contributed by atoms with E-state index in [4.69, 9.17) is 14.1 Å². The predicted molar refractivity (Wildman–Crippen MR) is 175 cm³/mol. The first kappa shape index (κ1) is 32.5. The maximum absolute atomic E-state index is 14.2. The van der Waals surface area contributed by atoms with E-state index in [1.807, 2.05) is 31.0 Å². The number of rotatable bonds is 7. The minimum Gasteiger partial charge on any atom is -0.455 e. The third kappa shape index (κ3) is 6.94. The second-order valence-electron chi connectivity index (χ2n) is 12.6. The molecule has 12 nitrogen and oxygen atoms in total. The zero-order chi connectivity index (χ0) is 34.3. The van der Waals surface area contributed by atoms with Crippen LogP contribution in [0.25, 0.3) is 22.6 Å². The largest absolute Gasteiger partial charge is 0.455 e. The van der Waals surface area contributed by atoms with Crippen molar-refractivity contribution in [2.24, 2.45) is 0 Å². The van der Waals surface area contributed by atoms with Gasteiger partial charge in [0, 0.05) is 70.5 Å². The van der Waals surface area contributed by atoms with Crippen LogP contribution < -0.4 is 10.1 Å². The molecule has 0 bridgehead atoms. The van der Waals surface area contributed by atoms with Crippen LogP contribution >= 0.6 is 0 Å². The van der Waals surface area contributed by atoms with Crippen LogP contribution in [0.2, 0.25) is 0 Å². The maximum atomic E-state index is 14.2. The zero-order valence-corrected chi connectivity index (χ0v) is 27.3. The summed E-state index contributed by atoms with van der Waals surface area (Å²) in [5.41, 5.74) is 2.38. The summed E-state index contributed by atoms with van der Waals surface area (Å²) in [6, 6.07) is 8.97. The van der Waals surface area contributed by atoms with Crippen LogP contribution in [0.1, 0.15) is 47.5 Å². The molecule has 1 saturated heterocycles. The van der Waals surface area contributed by atoms with Crippen LogP contribution in [0.3, 0.4) is 0 Å². The number of piperazine rings is 1. The van der Waals surface area contributed by atoms with Crippen molar-refractivity contribution in [1.29, 1.82) is 0 Å². The average molecular weight is 676 g/mol. The Bertz CT molecular complexity index is 1980. The quantitative estimate of drug-likeness (QED) is 0.201. The Balaban J connectivity index is 1.08. The average Bonchev–Trinajstić information content (AvgIpc) is 3.72. The number of carbonyl (C=O) groups is 1. The fraction of sp³-hybridized carbons (Fsp3) is 0.382. The van der Waals surface area contributed by atoms with Crippen molar-refractivity contribution in [3.05, 3.63) is 77.1 Å². The lowest BCUT2D eigenvalue weighted by Crippen LogP contribution is -2.44. The van der Waals surface area contributed by atoms with Gasteiger partial charge in [-0.2, -0.15) is 13.2 Å². The Hall–Kier alpha value is -5.02. The van der Waals surface area contributed by atoms with Gasteiger partial charge in [0.25, 0.3) is 5.89 Å². The third-order valence-corrected chi connectivity index (χ3v) is 9.08. The molecule has 2 aliphatic rings. The molecular formula is C34H36F3N9O3. The molecule has 1 atom stereocenters. The highest BCUT2D eigenvalue weighted by Crippen LogP contribution is 2.37. The molecular weight excluding hydrogens is 639 g/mol. The van der Waals surface area contributed by atoms with E-state index < -0.39 is 17.8 Å². The molecule has 0 radical (unpaired) electrons. The second kappa shape index (κ2) is 13.1. The first-order valence-corrected chi connectivity index (χ1v) is 16.2. The van der Waals surface area contributed by atoms with Crippen molar-refractivity contribution in [3.8, 4) is 23.1 Å². The number of alkyl halides is 3. The smallest absolute Gasteiger partial charge is 0.416 e. The van der Waals surface area contributed by atoms with Crippen LogP contribution in [0.4, 0.5) is 23.7 Å². The number of nitrogens with one attached hydrogen (secondary N) is 2. The number of ether oxygens (including phenoxy) is 1. The number of hydrogen-bond acceptors (Lipinski definition) is 9. The van der Waals surface area contributed by atoms with E-state index in [0.29, 0.717) is 59.6 Å². The van der Waals surface area contributed by atoms with Crippen molar-refractivity contribution >= 4 is 22.8 Å². The summed E-state index contributed by atoms with van der Waals surface area (Å²) in [4.78, 5) is 31.6. The molecule has 2 amide bonds. The zero-order valence-electron chi connectivity index (χ0n) is 27.3. The number of aromatic amines is 1. The predicted octanol–water partition coefficient (Wildman–Crippen LogP) is 6.42. The van der Waals surface area contributed by atoms with E-state index >= 15 is 0 Å². The molecule has 49 heavy (non-hydrogen) atoms. The van der Waals surface area contributed by atoms with Crippen molar-refractivity contribution < 1.29 is 27.1 Å². The van der Waals surface area contributed by atoms with Crippen LogP contribution in [0.5, 0.6) is 11.5 Å². The summed E-state index contributed by atoms with van der Waals surface area (Å²) in [5.74, 6) is 1.70. The molecule has 15 heteroatoms. The normalized spacial score (nSPS) is 17.3. The number of H-pyrrole nitrogens is 1. The Labute approximate surface area is 280 Å². The summed E-state index contributed by atoms with van der Waals surface area (Å²) in [5, 5.41) is 11.4. The number of aromatic nitrogens is 5. The van der Waals surface area contributed by atoms with E-state index in [1.54, 1.807) is 36.4 Å². The standard InChI is InChI=1S/C34H36F3N9O3/c1-4-21-18-46(33(47)40-24-6-5-22(27(14-24)34(35,36)37)17-45-11-9-44(3)10-12-45)19-23-13-25(16-39-30(21)23)49-29-7-8-38-31-26(29)15-28(41-31)32-43-42-20(2)48-32/h5-8,13-16,21H,4,9-12,17-19H2,1-3H3,(H,38,41)(H,40,47)/t21-/m0/s1. The molecule has 5 aromatic rings. The van der Waals surface area contributed by atoms with Crippen molar-refractivity contribution in [1.82, 2.24) is 39.8 Å². The lowest BCUT2D eigenvalue weighted by molar-refractivity contribution is -0.138. The first-order chi connectivity index (χ1) is 23.5. The minimum atomic E-state index is -4.56. The topological polar surface area (TPSA) is 129 Å².